The molecule has 7 nitrogen and oxygen atoms in total. The van der Waals surface area contributed by atoms with Crippen LogP contribution in [0.3, 0.4) is 0 Å². The molecule has 0 atom stereocenters. The number of amides is 1. The van der Waals surface area contributed by atoms with Crippen molar-refractivity contribution in [2.75, 3.05) is 33.4 Å². The Labute approximate surface area is 159 Å². The second-order valence-electron chi connectivity index (χ2n) is 6.29. The molecule has 27 heavy (non-hydrogen) atoms. The SMILES string of the molecule is COc1ccc(/C(C)=N\NC(=O)c2ccncc2)cc1CN1CCOCC1. The van der Waals surface area contributed by atoms with E-state index >= 15 is 0 Å². The molecule has 3 rings (SSSR count). The van der Waals surface area contributed by atoms with E-state index in [-0.39, 0.29) is 5.91 Å². The van der Waals surface area contributed by atoms with Gasteiger partial charge < -0.3 is 9.47 Å². The number of morpholine rings is 1. The van der Waals surface area contributed by atoms with E-state index in [9.17, 15) is 4.79 Å². The number of carbonyl (C=O) groups is 1. The van der Waals surface area contributed by atoms with Crippen molar-refractivity contribution in [2.45, 2.75) is 13.5 Å². The Morgan fingerprint density at radius 1 is 1.22 bits per heavy atom. The summed E-state index contributed by atoms with van der Waals surface area (Å²) in [6.45, 7) is 5.97. The van der Waals surface area contributed by atoms with Gasteiger partial charge in [0.25, 0.3) is 5.91 Å². The van der Waals surface area contributed by atoms with Crippen LogP contribution in [0.5, 0.6) is 5.75 Å². The number of aromatic nitrogens is 1. The Morgan fingerprint density at radius 2 is 1.96 bits per heavy atom. The van der Waals surface area contributed by atoms with E-state index < -0.39 is 0 Å². The van der Waals surface area contributed by atoms with Crippen LogP contribution in [0.4, 0.5) is 0 Å². The molecule has 1 saturated heterocycles. The molecule has 0 bridgehead atoms. The first-order valence-electron chi connectivity index (χ1n) is 8.89. The largest absolute Gasteiger partial charge is 0.496 e. The molecule has 1 aromatic heterocycles. The van der Waals surface area contributed by atoms with Gasteiger partial charge in [-0.05, 0) is 42.8 Å². The Balaban J connectivity index is 1.72. The second kappa shape index (κ2) is 9.25. The zero-order valence-electron chi connectivity index (χ0n) is 15.6. The van der Waals surface area contributed by atoms with Crippen LogP contribution < -0.4 is 10.2 Å². The van der Waals surface area contributed by atoms with Crippen molar-refractivity contribution >= 4 is 11.6 Å². The van der Waals surface area contributed by atoms with Crippen molar-refractivity contribution in [2.24, 2.45) is 5.10 Å². The van der Waals surface area contributed by atoms with Crippen molar-refractivity contribution < 1.29 is 14.3 Å². The topological polar surface area (TPSA) is 76.0 Å². The van der Waals surface area contributed by atoms with Gasteiger partial charge in [-0.15, -0.1) is 0 Å². The highest BCUT2D eigenvalue weighted by atomic mass is 16.5. The van der Waals surface area contributed by atoms with Crippen LogP contribution in [0.25, 0.3) is 0 Å². The quantitative estimate of drug-likeness (QED) is 0.624. The molecule has 1 amide bonds. The number of hydrogen-bond donors (Lipinski definition) is 1. The smallest absolute Gasteiger partial charge is 0.271 e. The first-order valence-corrected chi connectivity index (χ1v) is 8.89. The number of carbonyl (C=O) groups excluding carboxylic acids is 1. The average Bonchev–Trinajstić information content (AvgIpc) is 2.73. The predicted molar refractivity (Wildman–Crippen MR) is 103 cm³/mol. The maximum absolute atomic E-state index is 12.1. The summed E-state index contributed by atoms with van der Waals surface area (Å²) in [7, 11) is 1.67. The lowest BCUT2D eigenvalue weighted by Gasteiger charge is -2.27. The van der Waals surface area contributed by atoms with Crippen molar-refractivity contribution in [1.29, 1.82) is 0 Å². The normalized spacial score (nSPS) is 15.4. The van der Waals surface area contributed by atoms with Gasteiger partial charge in [0.15, 0.2) is 0 Å². The van der Waals surface area contributed by atoms with Gasteiger partial charge in [0.2, 0.25) is 0 Å². The second-order valence-corrected chi connectivity index (χ2v) is 6.29. The molecule has 142 valence electrons. The van der Waals surface area contributed by atoms with Crippen LogP contribution in [0.1, 0.15) is 28.4 Å². The third kappa shape index (κ3) is 5.12. The lowest BCUT2D eigenvalue weighted by molar-refractivity contribution is 0.0339. The molecule has 0 aliphatic carbocycles. The summed E-state index contributed by atoms with van der Waals surface area (Å²) in [6.07, 6.45) is 3.15. The van der Waals surface area contributed by atoms with Gasteiger partial charge in [-0.25, -0.2) is 5.43 Å². The summed E-state index contributed by atoms with van der Waals surface area (Å²) in [5.74, 6) is 0.581. The molecule has 7 heteroatoms. The van der Waals surface area contributed by atoms with Crippen molar-refractivity contribution in [3.05, 3.63) is 59.4 Å². The molecule has 0 radical (unpaired) electrons. The first-order chi connectivity index (χ1) is 13.2. The molecular weight excluding hydrogens is 344 g/mol. The van der Waals surface area contributed by atoms with Crippen LogP contribution in [-0.2, 0) is 11.3 Å². The van der Waals surface area contributed by atoms with Crippen LogP contribution in [-0.4, -0.2) is 54.9 Å². The highest BCUT2D eigenvalue weighted by Gasteiger charge is 2.14. The number of rotatable bonds is 6. The highest BCUT2D eigenvalue weighted by molar-refractivity contribution is 6.01. The van der Waals surface area contributed by atoms with Gasteiger partial charge >= 0.3 is 0 Å². The van der Waals surface area contributed by atoms with Gasteiger partial charge in [-0.2, -0.15) is 5.10 Å². The average molecular weight is 368 g/mol. The lowest BCUT2D eigenvalue weighted by atomic mass is 10.1. The summed E-state index contributed by atoms with van der Waals surface area (Å²) >= 11 is 0. The minimum absolute atomic E-state index is 0.265. The Bertz CT molecular complexity index is 802. The summed E-state index contributed by atoms with van der Waals surface area (Å²) in [4.78, 5) is 18.4. The van der Waals surface area contributed by atoms with Crippen LogP contribution >= 0.6 is 0 Å². The zero-order chi connectivity index (χ0) is 19.1. The van der Waals surface area contributed by atoms with Gasteiger partial charge in [-0.1, -0.05) is 0 Å². The third-order valence-electron chi connectivity index (χ3n) is 4.46. The van der Waals surface area contributed by atoms with Gasteiger partial charge in [-0.3, -0.25) is 14.7 Å². The van der Waals surface area contributed by atoms with E-state index in [4.69, 9.17) is 9.47 Å². The number of ether oxygens (including phenoxy) is 2. The minimum atomic E-state index is -0.265. The van der Waals surface area contributed by atoms with E-state index in [1.54, 1.807) is 31.6 Å². The van der Waals surface area contributed by atoms with Gasteiger partial charge in [0.1, 0.15) is 5.75 Å². The van der Waals surface area contributed by atoms with Crippen LogP contribution in [0, 0.1) is 0 Å². The van der Waals surface area contributed by atoms with E-state index in [2.05, 4.69) is 26.5 Å². The number of pyridine rings is 1. The molecule has 2 aromatic rings. The molecule has 0 spiro atoms. The number of hydrogen-bond acceptors (Lipinski definition) is 6. The van der Waals surface area contributed by atoms with Crippen LogP contribution in [0.15, 0.2) is 47.8 Å². The molecule has 1 N–H and O–H groups in total. The summed E-state index contributed by atoms with van der Waals surface area (Å²) in [6, 6.07) is 9.24. The third-order valence-corrected chi connectivity index (χ3v) is 4.46. The Morgan fingerprint density at radius 3 is 2.67 bits per heavy atom. The van der Waals surface area contributed by atoms with Crippen LogP contribution in [0.2, 0.25) is 0 Å². The maximum Gasteiger partial charge on any atom is 0.271 e. The minimum Gasteiger partial charge on any atom is -0.496 e. The molecule has 1 aliphatic rings. The monoisotopic (exact) mass is 368 g/mol. The molecule has 1 fully saturated rings. The molecule has 1 aromatic carbocycles. The van der Waals surface area contributed by atoms with E-state index in [1.165, 1.54) is 0 Å². The molecular formula is C20H24N4O3. The Hall–Kier alpha value is -2.77. The van der Waals surface area contributed by atoms with E-state index in [0.717, 1.165) is 55.4 Å². The van der Waals surface area contributed by atoms with E-state index in [0.29, 0.717) is 5.56 Å². The summed E-state index contributed by atoms with van der Waals surface area (Å²) < 4.78 is 10.9. The van der Waals surface area contributed by atoms with E-state index in [1.807, 2.05) is 19.1 Å². The number of methoxy groups -OCH3 is 1. The fraction of sp³-hybridized carbons (Fsp3) is 0.350. The number of nitrogens with one attached hydrogen (secondary N) is 1. The molecule has 0 saturated carbocycles. The fourth-order valence-electron chi connectivity index (χ4n) is 2.89. The van der Waals surface area contributed by atoms with Crippen molar-refractivity contribution in [1.82, 2.24) is 15.3 Å². The van der Waals surface area contributed by atoms with Gasteiger partial charge in [0.05, 0.1) is 26.0 Å². The highest BCUT2D eigenvalue weighted by Crippen LogP contribution is 2.22. The predicted octanol–water partition coefficient (Wildman–Crippen LogP) is 2.08. The molecule has 0 unspecified atom stereocenters. The summed E-state index contributed by atoms with van der Waals surface area (Å²) in [5, 5.41) is 4.24. The van der Waals surface area contributed by atoms with Gasteiger partial charge in [0, 0.05) is 43.2 Å². The lowest BCUT2D eigenvalue weighted by Crippen LogP contribution is -2.35. The zero-order valence-corrected chi connectivity index (χ0v) is 15.6. The van der Waals surface area contributed by atoms with Crippen molar-refractivity contribution in [3.8, 4) is 5.75 Å². The molecule has 1 aliphatic heterocycles. The maximum atomic E-state index is 12.1. The van der Waals surface area contributed by atoms with Crippen molar-refractivity contribution in [3.63, 3.8) is 0 Å². The summed E-state index contributed by atoms with van der Waals surface area (Å²) in [5.41, 5.74) is 5.86. The standard InChI is InChI=1S/C20H24N4O3/c1-15(22-23-20(25)16-5-7-21-8-6-16)17-3-4-19(26-2)18(13-17)14-24-9-11-27-12-10-24/h3-8,13H,9-12,14H2,1-2H3,(H,23,25)/b22-15-. The number of hydrazone groups is 1. The number of nitrogens with zero attached hydrogens (tertiary/aromatic N) is 3. The molecule has 2 heterocycles. The number of benzene rings is 1. The Kier molecular flexibility index (Phi) is 6.51. The fourth-order valence-corrected chi connectivity index (χ4v) is 2.89. The first kappa shape index (κ1) is 19.0.